The molecule has 1 amide bonds. The van der Waals surface area contributed by atoms with Gasteiger partial charge in [0.1, 0.15) is 5.82 Å². The summed E-state index contributed by atoms with van der Waals surface area (Å²) in [6, 6.07) is 6.15. The molecule has 4 nitrogen and oxygen atoms in total. The van der Waals surface area contributed by atoms with Crippen LogP contribution in [0.15, 0.2) is 18.2 Å². The zero-order valence-electron chi connectivity index (χ0n) is 10.7. The summed E-state index contributed by atoms with van der Waals surface area (Å²) >= 11 is 0. The zero-order valence-corrected chi connectivity index (χ0v) is 10.7. The van der Waals surface area contributed by atoms with Crippen molar-refractivity contribution in [1.29, 1.82) is 5.26 Å². The van der Waals surface area contributed by atoms with E-state index in [4.69, 9.17) is 5.26 Å². The minimum Gasteiger partial charge on any atom is -0.385 e. The van der Waals surface area contributed by atoms with Crippen LogP contribution in [0, 0.1) is 17.1 Å². The molecule has 1 aromatic carbocycles. The number of carbonyl (C=O) groups excluding carboxylic acids is 1. The van der Waals surface area contributed by atoms with E-state index in [1.165, 1.54) is 17.0 Å². The number of carbonyl (C=O) groups is 1. The molecular weight excluding hydrogens is 233 g/mol. The molecule has 1 rings (SSSR count). The molecule has 1 atom stereocenters. The van der Waals surface area contributed by atoms with Gasteiger partial charge in [0, 0.05) is 20.1 Å². The summed E-state index contributed by atoms with van der Waals surface area (Å²) < 4.78 is 13.5. The van der Waals surface area contributed by atoms with E-state index in [0.717, 1.165) is 0 Å². The standard InChI is InChI=1S/C13H16FN3O/c1-9(7-8-15)17(3)13(18)10-5-4-6-11(14)12(10)16-2/h4-6,9,16H,7H2,1-3H3. The van der Waals surface area contributed by atoms with Crippen molar-refractivity contribution in [3.63, 3.8) is 0 Å². The van der Waals surface area contributed by atoms with Crippen LogP contribution in [-0.4, -0.2) is 30.9 Å². The third-order valence-corrected chi connectivity index (χ3v) is 2.86. The van der Waals surface area contributed by atoms with Crippen molar-refractivity contribution >= 4 is 11.6 Å². The Hall–Kier alpha value is -2.09. The van der Waals surface area contributed by atoms with Gasteiger partial charge < -0.3 is 10.2 Å². The normalized spacial score (nSPS) is 11.5. The monoisotopic (exact) mass is 249 g/mol. The molecule has 0 aliphatic rings. The Labute approximate surface area is 106 Å². The molecule has 96 valence electrons. The average molecular weight is 249 g/mol. The Kier molecular flexibility index (Phi) is 4.67. The molecule has 1 N–H and O–H groups in total. The first-order valence-electron chi connectivity index (χ1n) is 5.63. The van der Waals surface area contributed by atoms with Crippen LogP contribution in [0.1, 0.15) is 23.7 Å². The number of hydrogen-bond acceptors (Lipinski definition) is 3. The first-order chi connectivity index (χ1) is 8.52. The Balaban J connectivity index is 3.04. The highest BCUT2D eigenvalue weighted by atomic mass is 19.1. The lowest BCUT2D eigenvalue weighted by Gasteiger charge is -2.24. The molecular formula is C13H16FN3O. The van der Waals surface area contributed by atoms with Gasteiger partial charge in [-0.3, -0.25) is 4.79 Å². The molecule has 1 unspecified atom stereocenters. The highest BCUT2D eigenvalue weighted by Crippen LogP contribution is 2.21. The van der Waals surface area contributed by atoms with Gasteiger partial charge >= 0.3 is 0 Å². The molecule has 0 radical (unpaired) electrons. The van der Waals surface area contributed by atoms with E-state index in [1.54, 1.807) is 27.1 Å². The maximum absolute atomic E-state index is 13.5. The number of rotatable bonds is 4. The Morgan fingerprint density at radius 3 is 2.83 bits per heavy atom. The van der Waals surface area contributed by atoms with E-state index in [1.807, 2.05) is 6.07 Å². The second kappa shape index (κ2) is 6.01. The van der Waals surface area contributed by atoms with E-state index in [-0.39, 0.29) is 29.6 Å². The molecule has 0 aromatic heterocycles. The van der Waals surface area contributed by atoms with Crippen molar-refractivity contribution in [1.82, 2.24) is 4.90 Å². The van der Waals surface area contributed by atoms with Crippen LogP contribution < -0.4 is 5.32 Å². The molecule has 0 saturated carbocycles. The SMILES string of the molecule is CNc1c(F)cccc1C(=O)N(C)C(C)CC#N. The largest absolute Gasteiger partial charge is 0.385 e. The number of nitrogens with zero attached hydrogens (tertiary/aromatic N) is 2. The molecule has 1 aromatic rings. The molecule has 0 bridgehead atoms. The number of halogens is 1. The maximum atomic E-state index is 13.5. The van der Waals surface area contributed by atoms with Gasteiger partial charge in [-0.2, -0.15) is 5.26 Å². The highest BCUT2D eigenvalue weighted by Gasteiger charge is 2.21. The van der Waals surface area contributed by atoms with E-state index in [0.29, 0.717) is 0 Å². The third kappa shape index (κ3) is 2.77. The molecule has 0 heterocycles. The van der Waals surface area contributed by atoms with Crippen LogP contribution in [0.5, 0.6) is 0 Å². The minimum atomic E-state index is -0.468. The zero-order chi connectivity index (χ0) is 13.7. The lowest BCUT2D eigenvalue weighted by atomic mass is 10.1. The van der Waals surface area contributed by atoms with Gasteiger partial charge in [0.2, 0.25) is 0 Å². The summed E-state index contributed by atoms with van der Waals surface area (Å²) in [7, 11) is 3.17. The van der Waals surface area contributed by atoms with E-state index in [2.05, 4.69) is 5.32 Å². The lowest BCUT2D eigenvalue weighted by Crippen LogP contribution is -2.35. The predicted molar refractivity (Wildman–Crippen MR) is 67.7 cm³/mol. The molecule has 0 spiro atoms. The first kappa shape index (κ1) is 14.0. The number of amides is 1. The summed E-state index contributed by atoms with van der Waals surface area (Å²) in [4.78, 5) is 13.6. The number of hydrogen-bond donors (Lipinski definition) is 1. The van der Waals surface area contributed by atoms with Crippen LogP contribution in [-0.2, 0) is 0 Å². The fourth-order valence-corrected chi connectivity index (χ4v) is 1.62. The summed E-state index contributed by atoms with van der Waals surface area (Å²) in [6.07, 6.45) is 0.243. The quantitative estimate of drug-likeness (QED) is 0.890. The van der Waals surface area contributed by atoms with Crippen LogP contribution in [0.3, 0.4) is 0 Å². The van der Waals surface area contributed by atoms with E-state index >= 15 is 0 Å². The second-order valence-corrected chi connectivity index (χ2v) is 4.04. The number of benzene rings is 1. The smallest absolute Gasteiger partial charge is 0.256 e. The molecule has 0 aliphatic heterocycles. The van der Waals surface area contributed by atoms with E-state index < -0.39 is 5.82 Å². The second-order valence-electron chi connectivity index (χ2n) is 4.04. The number of para-hydroxylation sites is 1. The Morgan fingerprint density at radius 2 is 2.28 bits per heavy atom. The fraction of sp³-hybridized carbons (Fsp3) is 0.385. The Morgan fingerprint density at radius 1 is 1.61 bits per heavy atom. The number of nitriles is 1. The maximum Gasteiger partial charge on any atom is 0.256 e. The van der Waals surface area contributed by atoms with Gasteiger partial charge in [-0.25, -0.2) is 4.39 Å². The van der Waals surface area contributed by atoms with Crippen molar-refractivity contribution in [3.05, 3.63) is 29.6 Å². The van der Waals surface area contributed by atoms with Crippen LogP contribution >= 0.6 is 0 Å². The molecule has 0 saturated heterocycles. The van der Waals surface area contributed by atoms with Crippen molar-refractivity contribution < 1.29 is 9.18 Å². The molecule has 18 heavy (non-hydrogen) atoms. The average Bonchev–Trinajstić information content (AvgIpc) is 2.37. The van der Waals surface area contributed by atoms with Gasteiger partial charge in [-0.1, -0.05) is 6.07 Å². The van der Waals surface area contributed by atoms with Gasteiger partial charge in [0.25, 0.3) is 5.91 Å². The van der Waals surface area contributed by atoms with Crippen LogP contribution in [0.25, 0.3) is 0 Å². The van der Waals surface area contributed by atoms with Gasteiger partial charge in [-0.05, 0) is 19.1 Å². The number of anilines is 1. The molecule has 0 aliphatic carbocycles. The third-order valence-electron chi connectivity index (χ3n) is 2.86. The van der Waals surface area contributed by atoms with Gasteiger partial charge in [-0.15, -0.1) is 0 Å². The fourth-order valence-electron chi connectivity index (χ4n) is 1.62. The topological polar surface area (TPSA) is 56.1 Å². The van der Waals surface area contributed by atoms with Crippen LogP contribution in [0.2, 0.25) is 0 Å². The summed E-state index contributed by atoms with van der Waals surface area (Å²) in [5.74, 6) is -0.772. The van der Waals surface area contributed by atoms with Crippen molar-refractivity contribution in [3.8, 4) is 6.07 Å². The summed E-state index contributed by atoms with van der Waals surface area (Å²) in [6.45, 7) is 1.78. The highest BCUT2D eigenvalue weighted by molar-refractivity contribution is 5.99. The number of nitrogens with one attached hydrogen (secondary N) is 1. The van der Waals surface area contributed by atoms with E-state index in [9.17, 15) is 9.18 Å². The van der Waals surface area contributed by atoms with Crippen LogP contribution in [0.4, 0.5) is 10.1 Å². The first-order valence-corrected chi connectivity index (χ1v) is 5.63. The van der Waals surface area contributed by atoms with Gasteiger partial charge in [0.15, 0.2) is 0 Å². The van der Waals surface area contributed by atoms with Crippen molar-refractivity contribution in [2.45, 2.75) is 19.4 Å². The lowest BCUT2D eigenvalue weighted by molar-refractivity contribution is 0.0747. The summed E-state index contributed by atoms with van der Waals surface area (Å²) in [5.41, 5.74) is 0.447. The molecule has 5 heteroatoms. The Bertz CT molecular complexity index is 482. The van der Waals surface area contributed by atoms with Crippen molar-refractivity contribution in [2.24, 2.45) is 0 Å². The predicted octanol–water partition coefficient (Wildman–Crippen LogP) is 2.24. The van der Waals surface area contributed by atoms with Crippen molar-refractivity contribution in [2.75, 3.05) is 19.4 Å². The minimum absolute atomic E-state index is 0.179. The molecule has 0 fully saturated rings. The van der Waals surface area contributed by atoms with Gasteiger partial charge in [0.05, 0.1) is 23.7 Å². The summed E-state index contributed by atoms with van der Waals surface area (Å²) in [5, 5.41) is 11.3.